The van der Waals surface area contributed by atoms with Crippen molar-refractivity contribution >= 4 is 22.7 Å². The van der Waals surface area contributed by atoms with Gasteiger partial charge in [0.25, 0.3) is 0 Å². The second-order valence-corrected chi connectivity index (χ2v) is 8.92. The summed E-state index contributed by atoms with van der Waals surface area (Å²) in [6.45, 7) is 0. The Morgan fingerprint density at radius 1 is 0.824 bits per heavy atom. The number of fused-ring (bicyclic) bond motifs is 1. The number of hydrogen-bond donors (Lipinski definition) is 3. The number of pyridine rings is 2. The summed E-state index contributed by atoms with van der Waals surface area (Å²) in [5.74, 6) is 1.12. The van der Waals surface area contributed by atoms with Gasteiger partial charge in [-0.25, -0.2) is 15.0 Å². The van der Waals surface area contributed by atoms with Crippen molar-refractivity contribution in [2.75, 3.05) is 11.5 Å². The van der Waals surface area contributed by atoms with E-state index in [1.807, 2.05) is 53.1 Å². The van der Waals surface area contributed by atoms with Gasteiger partial charge in [-0.15, -0.1) is 0 Å². The molecule has 0 bridgehead atoms. The average Bonchev–Trinajstić information content (AvgIpc) is 3.22. The molecular formula is C27H25N7. The van der Waals surface area contributed by atoms with Gasteiger partial charge in [-0.05, 0) is 73.4 Å². The first-order valence-corrected chi connectivity index (χ1v) is 11.4. The van der Waals surface area contributed by atoms with Gasteiger partial charge >= 0.3 is 0 Å². The predicted molar refractivity (Wildman–Crippen MR) is 136 cm³/mol. The monoisotopic (exact) mass is 447 g/mol. The molecule has 6 N–H and O–H groups in total. The highest BCUT2D eigenvalue weighted by atomic mass is 15.1. The Kier molecular flexibility index (Phi) is 4.60. The molecule has 5 aromatic rings. The maximum atomic E-state index is 6.55. The molecule has 1 saturated carbocycles. The molecule has 6 rings (SSSR count). The van der Waals surface area contributed by atoms with E-state index in [1.54, 1.807) is 6.20 Å². The molecule has 0 aliphatic heterocycles. The van der Waals surface area contributed by atoms with E-state index in [2.05, 4.69) is 29.2 Å². The van der Waals surface area contributed by atoms with Crippen LogP contribution < -0.4 is 17.2 Å². The first-order chi connectivity index (χ1) is 16.5. The normalized spacial score (nSPS) is 14.7. The zero-order valence-electron chi connectivity index (χ0n) is 18.6. The maximum Gasteiger partial charge on any atom is 0.165 e. The van der Waals surface area contributed by atoms with Crippen molar-refractivity contribution in [3.8, 4) is 28.3 Å². The van der Waals surface area contributed by atoms with Gasteiger partial charge in [-0.1, -0.05) is 24.3 Å². The Labute approximate surface area is 197 Å². The molecular weight excluding hydrogens is 422 g/mol. The highest BCUT2D eigenvalue weighted by Crippen LogP contribution is 2.39. The fourth-order valence-corrected chi connectivity index (χ4v) is 4.59. The van der Waals surface area contributed by atoms with Crippen LogP contribution in [0.1, 0.15) is 24.8 Å². The number of aromatic nitrogens is 4. The Morgan fingerprint density at radius 2 is 1.59 bits per heavy atom. The highest BCUT2D eigenvalue weighted by molar-refractivity contribution is 5.84. The number of hydrogen-bond acceptors (Lipinski definition) is 6. The van der Waals surface area contributed by atoms with E-state index in [0.29, 0.717) is 17.3 Å². The first-order valence-electron chi connectivity index (χ1n) is 11.4. The van der Waals surface area contributed by atoms with Crippen LogP contribution in [0.25, 0.3) is 39.5 Å². The van der Waals surface area contributed by atoms with E-state index in [0.717, 1.165) is 52.1 Å². The average molecular weight is 448 g/mol. The van der Waals surface area contributed by atoms with Gasteiger partial charge < -0.3 is 17.2 Å². The van der Waals surface area contributed by atoms with Gasteiger partial charge in [-0.3, -0.25) is 4.57 Å². The van der Waals surface area contributed by atoms with Crippen molar-refractivity contribution in [3.05, 3.63) is 84.6 Å². The van der Waals surface area contributed by atoms with Crippen LogP contribution in [0.5, 0.6) is 0 Å². The second kappa shape index (κ2) is 7.67. The van der Waals surface area contributed by atoms with Crippen molar-refractivity contribution < 1.29 is 0 Å². The van der Waals surface area contributed by atoms with Crippen molar-refractivity contribution in [1.82, 2.24) is 19.5 Å². The number of imidazole rings is 1. The van der Waals surface area contributed by atoms with Crippen molar-refractivity contribution in [2.45, 2.75) is 24.8 Å². The minimum Gasteiger partial charge on any atom is -0.399 e. The lowest BCUT2D eigenvalue weighted by atomic mass is 9.73. The minimum absolute atomic E-state index is 0.216. The van der Waals surface area contributed by atoms with Crippen LogP contribution in [0, 0.1) is 0 Å². The summed E-state index contributed by atoms with van der Waals surface area (Å²) in [6.07, 6.45) is 4.89. The Balaban J connectivity index is 1.56. The molecule has 0 amide bonds. The number of benzene rings is 2. The molecule has 2 aromatic carbocycles. The van der Waals surface area contributed by atoms with Crippen LogP contribution >= 0.6 is 0 Å². The van der Waals surface area contributed by atoms with Crippen LogP contribution in [0.4, 0.5) is 11.5 Å². The summed E-state index contributed by atoms with van der Waals surface area (Å²) < 4.78 is 2.04. The number of nitrogens with zero attached hydrogens (tertiary/aromatic N) is 4. The SMILES string of the molecule is Nc1ccc(-c2ccc3nc(-c4cccnc4N)n(-c4ccc(C5(N)CCC5)cc4)c3n2)cc1. The molecule has 0 radical (unpaired) electrons. The van der Waals surface area contributed by atoms with Crippen LogP contribution in [0.3, 0.4) is 0 Å². The summed E-state index contributed by atoms with van der Waals surface area (Å²) in [7, 11) is 0. The summed E-state index contributed by atoms with van der Waals surface area (Å²) in [6, 6.07) is 23.8. The molecule has 1 fully saturated rings. The minimum atomic E-state index is -0.216. The van der Waals surface area contributed by atoms with E-state index >= 15 is 0 Å². The summed E-state index contributed by atoms with van der Waals surface area (Å²) >= 11 is 0. The molecule has 3 aromatic heterocycles. The lowest BCUT2D eigenvalue weighted by Gasteiger charge is -2.38. The standard InChI is InChI=1S/C27H25N7/c28-19-8-4-17(5-9-19)22-12-13-23-26(32-22)34(25(33-23)21-3-1-16-31-24(21)29)20-10-6-18(7-11-20)27(30)14-2-15-27/h1,3-13,16H,2,14-15,28,30H2,(H2,29,31). The zero-order valence-corrected chi connectivity index (χ0v) is 18.6. The van der Waals surface area contributed by atoms with Crippen LogP contribution in [-0.2, 0) is 5.54 Å². The molecule has 0 unspecified atom stereocenters. The van der Waals surface area contributed by atoms with Crippen molar-refractivity contribution in [3.63, 3.8) is 0 Å². The lowest BCUT2D eigenvalue weighted by Crippen LogP contribution is -2.43. The van der Waals surface area contributed by atoms with Crippen molar-refractivity contribution in [1.29, 1.82) is 0 Å². The Bertz CT molecular complexity index is 1500. The fourth-order valence-electron chi connectivity index (χ4n) is 4.59. The quantitative estimate of drug-likeness (QED) is 0.345. The topological polar surface area (TPSA) is 122 Å². The molecule has 0 atom stereocenters. The summed E-state index contributed by atoms with van der Waals surface area (Å²) in [5.41, 5.74) is 25.4. The summed E-state index contributed by atoms with van der Waals surface area (Å²) in [5, 5.41) is 0. The fraction of sp³-hybridized carbons (Fsp3) is 0.148. The van der Waals surface area contributed by atoms with Gasteiger partial charge in [0.1, 0.15) is 11.3 Å². The number of rotatable bonds is 4. The predicted octanol–water partition coefficient (Wildman–Crippen LogP) is 4.65. The first kappa shape index (κ1) is 20.4. The van der Waals surface area contributed by atoms with Crippen LogP contribution in [0.2, 0.25) is 0 Å². The number of anilines is 2. The second-order valence-electron chi connectivity index (χ2n) is 8.92. The van der Waals surface area contributed by atoms with Gasteiger partial charge in [0, 0.05) is 28.7 Å². The van der Waals surface area contributed by atoms with E-state index < -0.39 is 0 Å². The highest BCUT2D eigenvalue weighted by Gasteiger charge is 2.34. The largest absolute Gasteiger partial charge is 0.399 e. The molecule has 0 saturated heterocycles. The van der Waals surface area contributed by atoms with Gasteiger partial charge in [0.2, 0.25) is 0 Å². The third-order valence-electron chi connectivity index (χ3n) is 6.74. The smallest absolute Gasteiger partial charge is 0.165 e. The molecule has 7 nitrogen and oxygen atoms in total. The number of nitrogen functional groups attached to an aromatic ring is 2. The Hall–Kier alpha value is -4.23. The maximum absolute atomic E-state index is 6.55. The van der Waals surface area contributed by atoms with Crippen molar-refractivity contribution in [2.24, 2.45) is 5.73 Å². The molecule has 34 heavy (non-hydrogen) atoms. The Morgan fingerprint density at radius 3 is 2.26 bits per heavy atom. The van der Waals surface area contributed by atoms with E-state index in [-0.39, 0.29) is 5.54 Å². The molecule has 7 heteroatoms. The third-order valence-corrected chi connectivity index (χ3v) is 6.74. The van der Waals surface area contributed by atoms with Gasteiger partial charge in [0.15, 0.2) is 11.5 Å². The summed E-state index contributed by atoms with van der Waals surface area (Å²) in [4.78, 5) is 14.2. The van der Waals surface area contributed by atoms with Gasteiger partial charge in [-0.2, -0.15) is 0 Å². The molecule has 1 aliphatic rings. The molecule has 1 aliphatic carbocycles. The number of nitrogens with two attached hydrogens (primary N) is 3. The van der Waals surface area contributed by atoms with E-state index in [4.69, 9.17) is 27.2 Å². The van der Waals surface area contributed by atoms with Crippen LogP contribution in [0.15, 0.2) is 79.0 Å². The molecule has 168 valence electrons. The molecule has 0 spiro atoms. The molecule has 3 heterocycles. The van der Waals surface area contributed by atoms with Gasteiger partial charge in [0.05, 0.1) is 11.3 Å². The van der Waals surface area contributed by atoms with E-state index in [1.165, 1.54) is 6.42 Å². The zero-order chi connectivity index (χ0) is 23.3. The lowest BCUT2D eigenvalue weighted by molar-refractivity contribution is 0.253. The van der Waals surface area contributed by atoms with Crippen LogP contribution in [-0.4, -0.2) is 19.5 Å². The third kappa shape index (κ3) is 3.29. The van der Waals surface area contributed by atoms with E-state index in [9.17, 15) is 0 Å².